The molecule has 0 radical (unpaired) electrons. The molecule has 13 nitrogen and oxygen atoms in total. The molecule has 0 aliphatic carbocycles. The Bertz CT molecular complexity index is 1160. The average molecular weight is 900 g/mol. The first-order valence-corrected chi connectivity index (χ1v) is 25.8. The van der Waals surface area contributed by atoms with Gasteiger partial charge in [-0.05, 0) is 19.3 Å². The summed E-state index contributed by atoms with van der Waals surface area (Å²) in [5, 5.41) is 26.0. The van der Waals surface area contributed by atoms with Crippen molar-refractivity contribution in [3.63, 3.8) is 0 Å². The fourth-order valence-corrected chi connectivity index (χ4v) is 8.31. The number of hydrogen-bond donors (Lipinski definition) is 5. The summed E-state index contributed by atoms with van der Waals surface area (Å²) in [6.45, 7) is 5.99. The topological polar surface area (TPSA) is 197 Å². The molecule has 3 amide bonds. The monoisotopic (exact) mass is 900 g/mol. The highest BCUT2D eigenvalue weighted by molar-refractivity contribution is 7.99. The van der Waals surface area contributed by atoms with Crippen molar-refractivity contribution in [3.05, 3.63) is 0 Å². The van der Waals surface area contributed by atoms with Crippen LogP contribution in [0, 0.1) is 0 Å². The molecule has 0 aromatic heterocycles. The SMILES string of the molecule is CCCCCCCCCCCCCCCCCCNC(=O)OC[C@H](CSC[C@H](NC(C)=O)C(=O)N[C@@H](CCC(=O)O)C(=O)O)OC(=O)CCCCCCCCCCCCCCC. The second kappa shape index (κ2) is 43.2. The minimum atomic E-state index is -1.45. The summed E-state index contributed by atoms with van der Waals surface area (Å²) in [7, 11) is 0. The lowest BCUT2D eigenvalue weighted by Crippen LogP contribution is -2.52. The van der Waals surface area contributed by atoms with Gasteiger partial charge >= 0.3 is 24.0 Å². The van der Waals surface area contributed by atoms with Crippen molar-refractivity contribution in [1.82, 2.24) is 16.0 Å². The molecular weight excluding hydrogens is 811 g/mol. The molecular formula is C48H89N3O10S. The van der Waals surface area contributed by atoms with Crippen molar-refractivity contribution in [1.29, 1.82) is 0 Å². The Morgan fingerprint density at radius 1 is 0.532 bits per heavy atom. The van der Waals surface area contributed by atoms with E-state index in [1.807, 2.05) is 0 Å². The van der Waals surface area contributed by atoms with Crippen LogP contribution in [0.4, 0.5) is 4.79 Å². The number of esters is 1. The Hall–Kier alpha value is -3.03. The molecule has 0 rings (SSSR count). The Labute approximate surface area is 379 Å². The van der Waals surface area contributed by atoms with E-state index in [1.54, 1.807) is 0 Å². The maximum atomic E-state index is 13.0. The number of ether oxygens (including phenoxy) is 2. The Balaban J connectivity index is 4.77. The number of carbonyl (C=O) groups excluding carboxylic acids is 4. The molecule has 362 valence electrons. The van der Waals surface area contributed by atoms with Crippen LogP contribution in [0.15, 0.2) is 0 Å². The molecule has 0 bridgehead atoms. The minimum Gasteiger partial charge on any atom is -0.481 e. The van der Waals surface area contributed by atoms with Crippen LogP contribution in [-0.4, -0.2) is 88.9 Å². The molecule has 0 fully saturated rings. The van der Waals surface area contributed by atoms with E-state index in [9.17, 15) is 33.9 Å². The molecule has 5 N–H and O–H groups in total. The van der Waals surface area contributed by atoms with Crippen LogP contribution in [0.1, 0.15) is 226 Å². The highest BCUT2D eigenvalue weighted by Crippen LogP contribution is 2.16. The number of unbranched alkanes of at least 4 members (excludes halogenated alkanes) is 27. The molecule has 3 atom stereocenters. The summed E-state index contributed by atoms with van der Waals surface area (Å²) < 4.78 is 11.2. The number of hydrogen-bond acceptors (Lipinski definition) is 9. The lowest BCUT2D eigenvalue weighted by Gasteiger charge is -2.22. The highest BCUT2D eigenvalue weighted by Gasteiger charge is 2.27. The molecule has 0 spiro atoms. The number of thioether (sulfide) groups is 1. The van der Waals surface area contributed by atoms with Gasteiger partial charge < -0.3 is 35.6 Å². The Morgan fingerprint density at radius 3 is 1.39 bits per heavy atom. The van der Waals surface area contributed by atoms with Crippen molar-refractivity contribution < 1.29 is 48.5 Å². The van der Waals surface area contributed by atoms with Crippen molar-refractivity contribution in [2.24, 2.45) is 0 Å². The quantitative estimate of drug-likeness (QED) is 0.0288. The number of amides is 3. The van der Waals surface area contributed by atoms with Gasteiger partial charge in [0.15, 0.2) is 0 Å². The van der Waals surface area contributed by atoms with Crippen LogP contribution < -0.4 is 16.0 Å². The van der Waals surface area contributed by atoms with Crippen molar-refractivity contribution in [2.75, 3.05) is 24.7 Å². The molecule has 0 aromatic rings. The van der Waals surface area contributed by atoms with Crippen molar-refractivity contribution in [3.8, 4) is 0 Å². The van der Waals surface area contributed by atoms with Crippen molar-refractivity contribution >= 4 is 47.6 Å². The number of carboxylic acid groups (broad SMARTS) is 2. The molecule has 0 aliphatic heterocycles. The van der Waals surface area contributed by atoms with Crippen LogP contribution in [-0.2, 0) is 33.4 Å². The molecule has 0 saturated heterocycles. The van der Waals surface area contributed by atoms with E-state index in [1.165, 1.54) is 160 Å². The summed E-state index contributed by atoms with van der Waals surface area (Å²) in [5.74, 6) is -4.18. The third kappa shape index (κ3) is 39.8. The van der Waals surface area contributed by atoms with E-state index in [0.717, 1.165) is 38.5 Å². The zero-order chi connectivity index (χ0) is 45.9. The van der Waals surface area contributed by atoms with Gasteiger partial charge in [0.2, 0.25) is 11.8 Å². The molecule has 0 aromatic carbocycles. The van der Waals surface area contributed by atoms with Gasteiger partial charge in [0.25, 0.3) is 0 Å². The summed E-state index contributed by atoms with van der Waals surface area (Å²) >= 11 is 1.17. The summed E-state index contributed by atoms with van der Waals surface area (Å²) in [5.41, 5.74) is 0. The average Bonchev–Trinajstić information content (AvgIpc) is 3.23. The Morgan fingerprint density at radius 2 is 0.968 bits per heavy atom. The largest absolute Gasteiger partial charge is 0.481 e. The van der Waals surface area contributed by atoms with Crippen molar-refractivity contribution in [2.45, 2.75) is 244 Å². The summed E-state index contributed by atoms with van der Waals surface area (Å²) in [4.78, 5) is 73.0. The lowest BCUT2D eigenvalue weighted by molar-refractivity contribution is -0.150. The molecule has 0 aliphatic rings. The first-order chi connectivity index (χ1) is 30.0. The van der Waals surface area contributed by atoms with E-state index >= 15 is 0 Å². The number of alkyl carbamates (subject to hydrolysis) is 1. The molecule has 0 unspecified atom stereocenters. The third-order valence-electron chi connectivity index (χ3n) is 11.0. The Kier molecular flexibility index (Phi) is 41.1. The summed E-state index contributed by atoms with van der Waals surface area (Å²) in [6.07, 6.45) is 33.7. The molecule has 0 heterocycles. The first-order valence-electron chi connectivity index (χ1n) is 24.7. The van der Waals surface area contributed by atoms with Crippen LogP contribution in [0.25, 0.3) is 0 Å². The number of carbonyl (C=O) groups is 6. The third-order valence-corrected chi connectivity index (χ3v) is 12.2. The fourth-order valence-electron chi connectivity index (χ4n) is 7.27. The number of aliphatic carboxylic acids is 2. The zero-order valence-corrected chi connectivity index (χ0v) is 40.1. The van der Waals surface area contributed by atoms with Crippen LogP contribution in [0.3, 0.4) is 0 Å². The number of nitrogens with one attached hydrogen (secondary N) is 3. The van der Waals surface area contributed by atoms with Gasteiger partial charge in [-0.2, -0.15) is 11.8 Å². The normalized spacial score (nSPS) is 12.6. The lowest BCUT2D eigenvalue weighted by atomic mass is 10.0. The van der Waals surface area contributed by atoms with E-state index in [0.29, 0.717) is 13.0 Å². The second-order valence-corrected chi connectivity index (χ2v) is 18.1. The fraction of sp³-hybridized carbons (Fsp3) is 0.875. The molecule has 62 heavy (non-hydrogen) atoms. The van der Waals surface area contributed by atoms with E-state index in [4.69, 9.17) is 14.6 Å². The van der Waals surface area contributed by atoms with E-state index in [2.05, 4.69) is 29.8 Å². The van der Waals surface area contributed by atoms with E-state index in [-0.39, 0.29) is 31.0 Å². The maximum absolute atomic E-state index is 13.0. The maximum Gasteiger partial charge on any atom is 0.407 e. The van der Waals surface area contributed by atoms with Gasteiger partial charge in [0.1, 0.15) is 24.8 Å². The van der Waals surface area contributed by atoms with E-state index < -0.39 is 60.4 Å². The predicted octanol–water partition coefficient (Wildman–Crippen LogP) is 11.0. The zero-order valence-electron chi connectivity index (χ0n) is 39.3. The number of carboxylic acids is 2. The van der Waals surface area contributed by atoms with Crippen LogP contribution in [0.5, 0.6) is 0 Å². The van der Waals surface area contributed by atoms with Gasteiger partial charge in [-0.25, -0.2) is 9.59 Å². The standard InChI is InChI=1S/C48H89N3O10S/c1-4-6-8-10-12-14-16-18-19-20-22-24-26-28-30-32-36-49-48(59)60-37-41(61-45(55)33-31-29-27-25-23-21-17-15-13-11-9-7-5-2)38-62-39-43(50-40(3)52)46(56)51-42(47(57)58)34-35-44(53)54/h41-43H,4-39H2,1-3H3,(H,49,59)(H,50,52)(H,51,56)(H,53,54)(H,57,58)/t41-,42+,43+/m1/s1. The van der Waals surface area contributed by atoms with Crippen LogP contribution in [0.2, 0.25) is 0 Å². The van der Waals surface area contributed by atoms with Crippen LogP contribution >= 0.6 is 11.8 Å². The smallest absolute Gasteiger partial charge is 0.407 e. The van der Waals surface area contributed by atoms with Gasteiger partial charge in [0, 0.05) is 37.8 Å². The van der Waals surface area contributed by atoms with Gasteiger partial charge in [0.05, 0.1) is 0 Å². The van der Waals surface area contributed by atoms with Gasteiger partial charge in [-0.1, -0.05) is 187 Å². The van der Waals surface area contributed by atoms with Gasteiger partial charge in [-0.15, -0.1) is 0 Å². The number of rotatable bonds is 45. The summed E-state index contributed by atoms with van der Waals surface area (Å²) in [6, 6.07) is -2.60. The molecule has 14 heteroatoms. The van der Waals surface area contributed by atoms with Gasteiger partial charge in [-0.3, -0.25) is 19.2 Å². The minimum absolute atomic E-state index is 0.00492. The highest BCUT2D eigenvalue weighted by atomic mass is 32.2. The molecule has 0 saturated carbocycles. The second-order valence-electron chi connectivity index (χ2n) is 17.1. The first kappa shape index (κ1) is 59.0. The predicted molar refractivity (Wildman–Crippen MR) is 250 cm³/mol.